The maximum absolute atomic E-state index is 11.5. The van der Waals surface area contributed by atoms with E-state index < -0.39 is 9.84 Å². The zero-order chi connectivity index (χ0) is 10.9. The molecule has 0 bridgehead atoms. The Kier molecular flexibility index (Phi) is 2.69. The molecule has 0 saturated heterocycles. The summed E-state index contributed by atoms with van der Waals surface area (Å²) in [6.45, 7) is 1.66. The van der Waals surface area contributed by atoms with Crippen molar-refractivity contribution in [1.82, 2.24) is 0 Å². The molecule has 1 N–H and O–H groups in total. The lowest BCUT2D eigenvalue weighted by atomic mass is 10.3. The summed E-state index contributed by atoms with van der Waals surface area (Å²) in [4.78, 5) is 0.409. The lowest BCUT2D eigenvalue weighted by Crippen LogP contribution is -2.04. The van der Waals surface area contributed by atoms with Gasteiger partial charge in [0.2, 0.25) is 0 Å². The van der Waals surface area contributed by atoms with Crippen LogP contribution in [0.4, 0.5) is 5.69 Å². The molecule has 1 aliphatic carbocycles. The number of benzene rings is 1. The molecule has 0 radical (unpaired) electrons. The molecule has 1 aromatic rings. The molecule has 4 heteroatoms. The van der Waals surface area contributed by atoms with E-state index in [1.807, 2.05) is 12.1 Å². The fraction of sp³-hybridized carbons (Fsp3) is 0.455. The Morgan fingerprint density at radius 2 is 1.87 bits per heavy atom. The Morgan fingerprint density at radius 1 is 1.27 bits per heavy atom. The molecular weight excluding hydrogens is 210 g/mol. The lowest BCUT2D eigenvalue weighted by molar-refractivity contribution is 0.597. The van der Waals surface area contributed by atoms with Crippen LogP contribution in [0.5, 0.6) is 0 Å². The second kappa shape index (κ2) is 3.85. The number of hydrogen-bond donors (Lipinski definition) is 1. The highest BCUT2D eigenvalue weighted by atomic mass is 32.2. The topological polar surface area (TPSA) is 46.2 Å². The van der Waals surface area contributed by atoms with Gasteiger partial charge < -0.3 is 5.32 Å². The number of nitrogens with one attached hydrogen (secondary N) is 1. The van der Waals surface area contributed by atoms with E-state index in [-0.39, 0.29) is 5.75 Å². The van der Waals surface area contributed by atoms with Gasteiger partial charge in [-0.1, -0.05) is 6.92 Å². The van der Waals surface area contributed by atoms with Crippen molar-refractivity contribution in [3.8, 4) is 0 Å². The molecule has 0 spiro atoms. The van der Waals surface area contributed by atoms with Crippen molar-refractivity contribution in [3.63, 3.8) is 0 Å². The van der Waals surface area contributed by atoms with Crippen LogP contribution < -0.4 is 5.32 Å². The van der Waals surface area contributed by atoms with Crippen molar-refractivity contribution < 1.29 is 8.42 Å². The quantitative estimate of drug-likeness (QED) is 0.853. The Hall–Kier alpha value is -1.03. The predicted molar refractivity (Wildman–Crippen MR) is 60.8 cm³/mol. The normalized spacial score (nSPS) is 16.3. The summed E-state index contributed by atoms with van der Waals surface area (Å²) in [6.07, 6.45) is 2.43. The molecule has 0 atom stereocenters. The van der Waals surface area contributed by atoms with Crippen LogP contribution in [0.25, 0.3) is 0 Å². The zero-order valence-corrected chi connectivity index (χ0v) is 9.55. The van der Waals surface area contributed by atoms with E-state index in [9.17, 15) is 8.42 Å². The van der Waals surface area contributed by atoms with E-state index in [1.54, 1.807) is 19.1 Å². The highest BCUT2D eigenvalue weighted by Gasteiger charge is 2.20. The van der Waals surface area contributed by atoms with Crippen molar-refractivity contribution in [2.45, 2.75) is 30.7 Å². The van der Waals surface area contributed by atoms with Crippen molar-refractivity contribution in [2.75, 3.05) is 11.1 Å². The van der Waals surface area contributed by atoms with E-state index in [0.717, 1.165) is 5.69 Å². The third-order valence-electron chi connectivity index (χ3n) is 2.54. The molecule has 0 unspecified atom stereocenters. The van der Waals surface area contributed by atoms with Crippen LogP contribution in [0.2, 0.25) is 0 Å². The summed E-state index contributed by atoms with van der Waals surface area (Å²) in [5.74, 6) is 0.155. The molecule has 0 aromatic heterocycles. The molecule has 1 aliphatic rings. The highest BCUT2D eigenvalue weighted by molar-refractivity contribution is 7.91. The second-order valence-electron chi connectivity index (χ2n) is 3.85. The fourth-order valence-corrected chi connectivity index (χ4v) is 2.27. The van der Waals surface area contributed by atoms with E-state index in [0.29, 0.717) is 10.9 Å². The van der Waals surface area contributed by atoms with Gasteiger partial charge in [0.05, 0.1) is 10.6 Å². The van der Waals surface area contributed by atoms with E-state index >= 15 is 0 Å². The largest absolute Gasteiger partial charge is 0.382 e. The fourth-order valence-electron chi connectivity index (χ4n) is 1.39. The molecular formula is C11H15NO2S. The summed E-state index contributed by atoms with van der Waals surface area (Å²) in [6, 6.07) is 7.60. The van der Waals surface area contributed by atoms with Gasteiger partial charge in [0.25, 0.3) is 0 Å². The minimum Gasteiger partial charge on any atom is -0.382 e. The first-order valence-corrected chi connectivity index (χ1v) is 6.86. The van der Waals surface area contributed by atoms with E-state index in [1.165, 1.54) is 12.8 Å². The van der Waals surface area contributed by atoms with Crippen LogP contribution in [-0.4, -0.2) is 20.2 Å². The molecule has 0 aliphatic heterocycles. The first kappa shape index (κ1) is 10.5. The molecule has 0 heterocycles. The molecule has 3 nitrogen and oxygen atoms in total. The van der Waals surface area contributed by atoms with Crippen LogP contribution in [0.3, 0.4) is 0 Å². The standard InChI is InChI=1S/C11H15NO2S/c1-2-15(13,14)11-7-5-10(6-8-11)12-9-3-4-9/h5-9,12H,2-4H2,1H3. The molecule has 2 rings (SSSR count). The molecule has 82 valence electrons. The zero-order valence-electron chi connectivity index (χ0n) is 8.73. The van der Waals surface area contributed by atoms with Gasteiger partial charge in [-0.25, -0.2) is 8.42 Å². The Bertz CT molecular complexity index is 432. The van der Waals surface area contributed by atoms with Gasteiger partial charge in [-0.2, -0.15) is 0 Å². The lowest BCUT2D eigenvalue weighted by Gasteiger charge is -2.05. The Balaban J connectivity index is 2.15. The molecule has 15 heavy (non-hydrogen) atoms. The van der Waals surface area contributed by atoms with Crippen molar-refractivity contribution >= 4 is 15.5 Å². The van der Waals surface area contributed by atoms with Gasteiger partial charge in [-0.15, -0.1) is 0 Å². The SMILES string of the molecule is CCS(=O)(=O)c1ccc(NC2CC2)cc1. The van der Waals surface area contributed by atoms with Crippen LogP contribution in [-0.2, 0) is 9.84 Å². The number of anilines is 1. The first-order chi connectivity index (χ1) is 7.12. The van der Waals surface area contributed by atoms with Crippen LogP contribution in [0.1, 0.15) is 19.8 Å². The maximum Gasteiger partial charge on any atom is 0.178 e. The highest BCUT2D eigenvalue weighted by Crippen LogP contribution is 2.25. The van der Waals surface area contributed by atoms with Gasteiger partial charge in [0, 0.05) is 11.7 Å². The summed E-state index contributed by atoms with van der Waals surface area (Å²) in [5, 5.41) is 3.32. The smallest absolute Gasteiger partial charge is 0.178 e. The summed E-state index contributed by atoms with van der Waals surface area (Å²) < 4.78 is 23.1. The first-order valence-electron chi connectivity index (χ1n) is 5.21. The number of hydrogen-bond acceptors (Lipinski definition) is 3. The van der Waals surface area contributed by atoms with Gasteiger partial charge in [-0.05, 0) is 37.1 Å². The maximum atomic E-state index is 11.5. The van der Waals surface area contributed by atoms with Gasteiger partial charge in [0.15, 0.2) is 9.84 Å². The molecule has 0 amide bonds. The number of sulfone groups is 1. The van der Waals surface area contributed by atoms with Crippen LogP contribution >= 0.6 is 0 Å². The van der Waals surface area contributed by atoms with Gasteiger partial charge >= 0.3 is 0 Å². The van der Waals surface area contributed by atoms with Crippen molar-refractivity contribution in [1.29, 1.82) is 0 Å². The van der Waals surface area contributed by atoms with Crippen molar-refractivity contribution in [3.05, 3.63) is 24.3 Å². The van der Waals surface area contributed by atoms with Crippen molar-refractivity contribution in [2.24, 2.45) is 0 Å². The minimum absolute atomic E-state index is 0.155. The van der Waals surface area contributed by atoms with Crippen LogP contribution in [0.15, 0.2) is 29.2 Å². The minimum atomic E-state index is -3.06. The average Bonchev–Trinajstić information content (AvgIpc) is 3.03. The summed E-state index contributed by atoms with van der Waals surface area (Å²) in [5.41, 5.74) is 1.01. The third-order valence-corrected chi connectivity index (χ3v) is 4.29. The molecule has 1 fully saturated rings. The summed E-state index contributed by atoms with van der Waals surface area (Å²) in [7, 11) is -3.06. The molecule has 1 aromatic carbocycles. The van der Waals surface area contributed by atoms with E-state index in [4.69, 9.17) is 0 Å². The second-order valence-corrected chi connectivity index (χ2v) is 6.12. The summed E-state index contributed by atoms with van der Waals surface area (Å²) >= 11 is 0. The number of rotatable bonds is 4. The molecule has 1 saturated carbocycles. The average molecular weight is 225 g/mol. The van der Waals surface area contributed by atoms with Crippen LogP contribution in [0, 0.1) is 0 Å². The Labute approximate surface area is 90.4 Å². The predicted octanol–water partition coefficient (Wildman–Crippen LogP) is 2.05. The monoisotopic (exact) mass is 225 g/mol. The van der Waals surface area contributed by atoms with E-state index in [2.05, 4.69) is 5.32 Å². The Morgan fingerprint density at radius 3 is 2.33 bits per heavy atom. The van der Waals surface area contributed by atoms with Gasteiger partial charge in [0.1, 0.15) is 0 Å². The van der Waals surface area contributed by atoms with Gasteiger partial charge in [-0.3, -0.25) is 0 Å². The third kappa shape index (κ3) is 2.50.